The lowest BCUT2D eigenvalue weighted by Gasteiger charge is -2.51. The van der Waals surface area contributed by atoms with Crippen molar-refractivity contribution < 1.29 is 14.3 Å². The van der Waals surface area contributed by atoms with Crippen LogP contribution in [0.3, 0.4) is 0 Å². The molecular weight excluding hydrogens is 390 g/mol. The van der Waals surface area contributed by atoms with Crippen LogP contribution in [0.1, 0.15) is 42.5 Å². The van der Waals surface area contributed by atoms with E-state index in [0.717, 1.165) is 51.3 Å². The van der Waals surface area contributed by atoms with Crippen molar-refractivity contribution in [2.24, 2.45) is 5.92 Å². The first-order valence-corrected chi connectivity index (χ1v) is 11.2. The fourth-order valence-corrected chi connectivity index (χ4v) is 5.42. The number of halogens is 1. The van der Waals surface area contributed by atoms with Crippen LogP contribution in [-0.4, -0.2) is 74.8 Å². The van der Waals surface area contributed by atoms with E-state index < -0.39 is 0 Å². The molecule has 0 aliphatic carbocycles. The van der Waals surface area contributed by atoms with Crippen molar-refractivity contribution in [3.63, 3.8) is 0 Å². The van der Waals surface area contributed by atoms with Crippen molar-refractivity contribution in [1.82, 2.24) is 9.80 Å². The average Bonchev–Trinajstić information content (AvgIpc) is 2.76. The highest BCUT2D eigenvalue weighted by Gasteiger charge is 2.45. The number of nitrogens with one attached hydrogen (secondary N) is 1. The van der Waals surface area contributed by atoms with Gasteiger partial charge in [0.1, 0.15) is 17.4 Å². The Hall–Kier alpha value is -1.50. The zero-order valence-corrected chi connectivity index (χ0v) is 18.2. The number of methoxy groups -OCH3 is 1. The Balaban J connectivity index is 1.53. The summed E-state index contributed by atoms with van der Waals surface area (Å²) in [5.41, 5.74) is 1.12. The van der Waals surface area contributed by atoms with E-state index in [0.29, 0.717) is 22.3 Å². The third-order valence-electron chi connectivity index (χ3n) is 6.80. The predicted molar refractivity (Wildman–Crippen MR) is 115 cm³/mol. The number of esters is 1. The monoisotopic (exact) mass is 421 g/mol. The smallest absolute Gasteiger partial charge is 0.342 e. The van der Waals surface area contributed by atoms with Gasteiger partial charge in [0.15, 0.2) is 0 Å². The summed E-state index contributed by atoms with van der Waals surface area (Å²) in [5.74, 6) is 0.586. The summed E-state index contributed by atoms with van der Waals surface area (Å²) in [6.07, 6.45) is 6.01. The summed E-state index contributed by atoms with van der Waals surface area (Å²) >= 11 is 6.33. The maximum absolute atomic E-state index is 13.1. The second-order valence-electron chi connectivity index (χ2n) is 8.45. The van der Waals surface area contributed by atoms with Gasteiger partial charge in [0.05, 0.1) is 23.9 Å². The number of likely N-dealkylation sites (tertiary alicyclic amines) is 1. The molecule has 0 saturated carbocycles. The van der Waals surface area contributed by atoms with Gasteiger partial charge in [0, 0.05) is 19.7 Å². The van der Waals surface area contributed by atoms with Gasteiger partial charge in [-0.05, 0) is 63.8 Å². The standard InChI is InChI=1S/C22H32ClN3O3/c1-24-18-13-20(28-2)16(12-17(18)23)22(27)29-21-15-6-10-26(11-7-15)19(21)14-25-8-4-3-5-9-25/h12-13,15,19,21,24H,3-11,14H2,1-2H3. The SMILES string of the molecule is CNc1cc(OC)c(C(=O)OC2C3CCN(CC3)C2CN2CCCCC2)cc1Cl. The molecule has 0 radical (unpaired) electrons. The van der Waals surface area contributed by atoms with Crippen LogP contribution >= 0.6 is 11.6 Å². The summed E-state index contributed by atoms with van der Waals surface area (Å²) in [6, 6.07) is 3.68. The molecule has 1 aromatic rings. The lowest BCUT2D eigenvalue weighted by Crippen LogP contribution is -2.62. The van der Waals surface area contributed by atoms with Gasteiger partial charge in [-0.2, -0.15) is 0 Å². The third-order valence-corrected chi connectivity index (χ3v) is 7.12. The molecule has 4 aliphatic heterocycles. The number of hydrogen-bond donors (Lipinski definition) is 1. The van der Waals surface area contributed by atoms with Crippen molar-refractivity contribution in [2.45, 2.75) is 44.2 Å². The Labute approximate surface area is 178 Å². The third kappa shape index (κ3) is 4.35. The van der Waals surface area contributed by atoms with E-state index in [9.17, 15) is 4.79 Å². The normalized spacial score (nSPS) is 29.5. The lowest BCUT2D eigenvalue weighted by atomic mass is 9.80. The minimum atomic E-state index is -0.339. The van der Waals surface area contributed by atoms with E-state index in [4.69, 9.17) is 21.1 Å². The molecule has 160 valence electrons. The van der Waals surface area contributed by atoms with Gasteiger partial charge in [-0.1, -0.05) is 18.0 Å². The molecule has 0 amide bonds. The van der Waals surface area contributed by atoms with Crippen LogP contribution in [0.25, 0.3) is 0 Å². The molecular formula is C22H32ClN3O3. The van der Waals surface area contributed by atoms with Gasteiger partial charge in [0.2, 0.25) is 0 Å². The Bertz CT molecular complexity index is 730. The number of carbonyl (C=O) groups is 1. The number of hydrogen-bond acceptors (Lipinski definition) is 6. The molecule has 1 aromatic carbocycles. The largest absolute Gasteiger partial charge is 0.496 e. The van der Waals surface area contributed by atoms with E-state index >= 15 is 0 Å². The van der Waals surface area contributed by atoms with Crippen molar-refractivity contribution in [3.8, 4) is 5.75 Å². The van der Waals surface area contributed by atoms with Crippen molar-refractivity contribution >= 4 is 23.3 Å². The molecule has 4 fully saturated rings. The molecule has 5 rings (SSSR count). The first-order chi connectivity index (χ1) is 14.1. The number of anilines is 1. The molecule has 1 N–H and O–H groups in total. The van der Waals surface area contributed by atoms with Crippen LogP contribution in [0.2, 0.25) is 5.02 Å². The molecule has 0 spiro atoms. The summed E-state index contributed by atoms with van der Waals surface area (Å²) < 4.78 is 11.6. The minimum absolute atomic E-state index is 0.0700. The van der Waals surface area contributed by atoms with Crippen LogP contribution in [-0.2, 0) is 4.74 Å². The van der Waals surface area contributed by atoms with E-state index in [1.165, 1.54) is 19.3 Å². The van der Waals surface area contributed by atoms with Gasteiger partial charge in [-0.25, -0.2) is 4.79 Å². The van der Waals surface area contributed by atoms with Crippen LogP contribution in [0.5, 0.6) is 5.75 Å². The molecule has 7 heteroatoms. The zero-order chi connectivity index (χ0) is 20.4. The van der Waals surface area contributed by atoms with E-state index in [-0.39, 0.29) is 18.1 Å². The molecule has 2 unspecified atom stereocenters. The molecule has 2 atom stereocenters. The number of carbonyl (C=O) groups excluding carboxylic acids is 1. The van der Waals surface area contributed by atoms with Gasteiger partial charge < -0.3 is 19.7 Å². The van der Waals surface area contributed by atoms with Gasteiger partial charge in [-0.15, -0.1) is 0 Å². The molecule has 0 aromatic heterocycles. The van der Waals surface area contributed by atoms with Crippen LogP contribution in [0.4, 0.5) is 5.69 Å². The quantitative estimate of drug-likeness (QED) is 0.709. The second-order valence-corrected chi connectivity index (χ2v) is 8.86. The summed E-state index contributed by atoms with van der Waals surface area (Å²) in [7, 11) is 3.35. The first-order valence-electron chi connectivity index (χ1n) is 10.8. The number of benzene rings is 1. The molecule has 6 nitrogen and oxygen atoms in total. The van der Waals surface area contributed by atoms with Gasteiger partial charge in [0.25, 0.3) is 0 Å². The predicted octanol–water partition coefficient (Wildman–Crippen LogP) is 3.50. The van der Waals surface area contributed by atoms with Gasteiger partial charge in [-0.3, -0.25) is 4.90 Å². The number of ether oxygens (including phenoxy) is 2. The highest BCUT2D eigenvalue weighted by Crippen LogP contribution is 2.37. The second kappa shape index (κ2) is 9.11. The highest BCUT2D eigenvalue weighted by molar-refractivity contribution is 6.33. The fourth-order valence-electron chi connectivity index (χ4n) is 5.16. The highest BCUT2D eigenvalue weighted by atomic mass is 35.5. The Morgan fingerprint density at radius 1 is 1.17 bits per heavy atom. The van der Waals surface area contributed by atoms with E-state index in [1.54, 1.807) is 26.3 Å². The lowest BCUT2D eigenvalue weighted by molar-refractivity contribution is -0.0927. The summed E-state index contributed by atoms with van der Waals surface area (Å²) in [5, 5.41) is 3.50. The Kier molecular flexibility index (Phi) is 6.52. The fraction of sp³-hybridized carbons (Fsp3) is 0.682. The Morgan fingerprint density at radius 2 is 1.90 bits per heavy atom. The maximum atomic E-state index is 13.1. The summed E-state index contributed by atoms with van der Waals surface area (Å²) in [6.45, 7) is 5.53. The molecule has 2 bridgehead atoms. The van der Waals surface area contributed by atoms with Crippen molar-refractivity contribution in [2.75, 3.05) is 52.2 Å². The van der Waals surface area contributed by atoms with Crippen LogP contribution in [0, 0.1) is 5.92 Å². The molecule has 29 heavy (non-hydrogen) atoms. The van der Waals surface area contributed by atoms with Crippen LogP contribution < -0.4 is 10.1 Å². The molecule has 4 aliphatic rings. The Morgan fingerprint density at radius 3 is 2.55 bits per heavy atom. The zero-order valence-electron chi connectivity index (χ0n) is 17.5. The van der Waals surface area contributed by atoms with Crippen molar-refractivity contribution in [3.05, 3.63) is 22.7 Å². The number of piperidine rings is 4. The molecule has 4 saturated heterocycles. The number of fused-ring (bicyclic) bond motifs is 3. The van der Waals surface area contributed by atoms with Gasteiger partial charge >= 0.3 is 5.97 Å². The van der Waals surface area contributed by atoms with E-state index in [1.807, 2.05) is 0 Å². The van der Waals surface area contributed by atoms with Crippen LogP contribution in [0.15, 0.2) is 12.1 Å². The maximum Gasteiger partial charge on any atom is 0.342 e. The summed E-state index contributed by atoms with van der Waals surface area (Å²) in [4.78, 5) is 18.2. The first kappa shape index (κ1) is 20.8. The van der Waals surface area contributed by atoms with Crippen molar-refractivity contribution in [1.29, 1.82) is 0 Å². The number of nitrogens with zero attached hydrogens (tertiary/aromatic N) is 2. The topological polar surface area (TPSA) is 54.0 Å². The van der Waals surface area contributed by atoms with E-state index in [2.05, 4.69) is 15.1 Å². The average molecular weight is 422 g/mol. The molecule has 4 heterocycles. The number of rotatable bonds is 6. The minimum Gasteiger partial charge on any atom is -0.496 e.